The minimum Gasteiger partial charge on any atom is -0.662 e. The van der Waals surface area contributed by atoms with Crippen molar-refractivity contribution < 1.29 is 21.7 Å². The van der Waals surface area contributed by atoms with E-state index in [9.17, 15) is 0 Å². The number of nitrogens with zero attached hydrogens (tertiary/aromatic N) is 3. The van der Waals surface area contributed by atoms with Crippen molar-refractivity contribution in [3.05, 3.63) is 53.7 Å². The molecule has 1 radical (unpaired) electrons. The van der Waals surface area contributed by atoms with Crippen LogP contribution in [-0.2, 0) is 21.7 Å². The Bertz CT molecular complexity index is 276. The third-order valence-corrected chi connectivity index (χ3v) is 4.57. The van der Waals surface area contributed by atoms with Gasteiger partial charge in [0.15, 0.2) is 0 Å². The van der Waals surface area contributed by atoms with Crippen LogP contribution in [0.3, 0.4) is 0 Å². The molecule has 1 aromatic carbocycles. The van der Waals surface area contributed by atoms with Gasteiger partial charge >= 0.3 is 21.7 Å². The van der Waals surface area contributed by atoms with Gasteiger partial charge in [-0.05, 0) is 0 Å². The van der Waals surface area contributed by atoms with Crippen molar-refractivity contribution in [3.8, 4) is 0 Å². The van der Waals surface area contributed by atoms with Crippen LogP contribution >= 0.6 is 0 Å². The molecular formula is C30H62N3Ti-2. The normalized spacial score (nSPS) is 9.12. The van der Waals surface area contributed by atoms with Crippen molar-refractivity contribution in [2.75, 3.05) is 39.3 Å². The van der Waals surface area contributed by atoms with E-state index in [1.165, 1.54) is 77.0 Å². The van der Waals surface area contributed by atoms with E-state index in [0.29, 0.717) is 0 Å². The van der Waals surface area contributed by atoms with Gasteiger partial charge in [0.1, 0.15) is 0 Å². The molecule has 203 valence electrons. The fourth-order valence-corrected chi connectivity index (χ4v) is 2.28. The summed E-state index contributed by atoms with van der Waals surface area (Å²) in [6.45, 7) is 19.7. The monoisotopic (exact) mass is 512 g/mol. The van der Waals surface area contributed by atoms with Gasteiger partial charge in [-0.2, -0.15) is 18.2 Å². The summed E-state index contributed by atoms with van der Waals surface area (Å²) < 4.78 is 0. The molecule has 3 nitrogen and oxygen atoms in total. The number of rotatable bonds is 18. The third kappa shape index (κ3) is 58.1. The van der Waals surface area contributed by atoms with Gasteiger partial charge in [0, 0.05) is 0 Å². The Balaban J connectivity index is -0.000000109. The molecule has 0 aliphatic carbocycles. The van der Waals surface area contributed by atoms with Crippen LogP contribution in [0.4, 0.5) is 0 Å². The molecule has 34 heavy (non-hydrogen) atoms. The second-order valence-corrected chi connectivity index (χ2v) is 8.10. The quantitative estimate of drug-likeness (QED) is 0.107. The van der Waals surface area contributed by atoms with E-state index in [1.54, 1.807) is 0 Å². The maximum absolute atomic E-state index is 4.35. The largest absolute Gasteiger partial charge is 3.00 e. The van der Waals surface area contributed by atoms with Gasteiger partial charge in [-0.25, -0.2) is 12.1 Å². The summed E-state index contributed by atoms with van der Waals surface area (Å²) in [7, 11) is 0. The van der Waals surface area contributed by atoms with E-state index in [-0.39, 0.29) is 29.1 Å². The smallest absolute Gasteiger partial charge is 0.662 e. The van der Waals surface area contributed by atoms with Crippen LogP contribution in [0.15, 0.2) is 30.3 Å². The predicted molar refractivity (Wildman–Crippen MR) is 157 cm³/mol. The van der Waals surface area contributed by atoms with Gasteiger partial charge < -0.3 is 23.4 Å². The Morgan fingerprint density at radius 3 is 0.765 bits per heavy atom. The second-order valence-electron chi connectivity index (χ2n) is 8.10. The van der Waals surface area contributed by atoms with Crippen LogP contribution in [0.1, 0.15) is 119 Å². The second kappa shape index (κ2) is 49.9. The minimum absolute atomic E-state index is 0. The van der Waals surface area contributed by atoms with Crippen LogP contribution in [-0.4, -0.2) is 39.3 Å². The molecule has 4 heteroatoms. The van der Waals surface area contributed by atoms with E-state index < -0.39 is 0 Å². The Labute approximate surface area is 232 Å². The number of hydrogen-bond acceptors (Lipinski definition) is 0. The predicted octanol–water partition coefficient (Wildman–Crippen LogP) is 10.7. The topological polar surface area (TPSA) is 42.3 Å². The molecule has 0 spiro atoms. The number of unbranched alkanes of at least 4 members (excludes halogenated alkanes) is 6. The molecule has 0 fully saturated rings. The van der Waals surface area contributed by atoms with Crippen molar-refractivity contribution in [2.45, 2.75) is 119 Å². The zero-order valence-electron chi connectivity index (χ0n) is 24.5. The van der Waals surface area contributed by atoms with Gasteiger partial charge in [0.2, 0.25) is 0 Å². The molecule has 0 bridgehead atoms. The molecule has 0 atom stereocenters. The first-order valence-electron chi connectivity index (χ1n) is 13.8. The zero-order chi connectivity index (χ0) is 24.4. The molecule has 1 aromatic rings. The molecular weight excluding hydrogens is 450 g/mol. The van der Waals surface area contributed by atoms with Crippen LogP contribution < -0.4 is 0 Å². The van der Waals surface area contributed by atoms with Gasteiger partial charge in [-0.3, -0.25) is 0 Å². The first kappa shape index (κ1) is 44.0. The summed E-state index contributed by atoms with van der Waals surface area (Å²) in [5.74, 6) is 0. The third-order valence-electron chi connectivity index (χ3n) is 4.57. The Morgan fingerprint density at radius 1 is 0.441 bits per heavy atom. The molecule has 0 amide bonds. The molecule has 0 N–H and O–H groups in total. The van der Waals surface area contributed by atoms with Crippen molar-refractivity contribution in [3.63, 3.8) is 0 Å². The summed E-state index contributed by atoms with van der Waals surface area (Å²) >= 11 is 0. The van der Waals surface area contributed by atoms with Crippen LogP contribution in [0.2, 0.25) is 0 Å². The molecule has 0 aliphatic rings. The summed E-state index contributed by atoms with van der Waals surface area (Å²) in [6.07, 6.45) is 15.2. The molecule has 0 saturated carbocycles. The fourth-order valence-electron chi connectivity index (χ4n) is 2.28. The maximum Gasteiger partial charge on any atom is 3.00 e. The van der Waals surface area contributed by atoms with E-state index >= 15 is 0 Å². The SMILES string of the molecule is CCCC[N-]CCCC.CCCC[N-]CCCC.CCCC[N-]CCCC.[CH3-].[Ti+3].c1cc[cH-]c1. The first-order valence-corrected chi connectivity index (χ1v) is 13.8. The maximum atomic E-state index is 4.35. The molecule has 0 unspecified atom stereocenters. The van der Waals surface area contributed by atoms with Crippen LogP contribution in [0, 0.1) is 7.43 Å². The summed E-state index contributed by atoms with van der Waals surface area (Å²) in [5.41, 5.74) is 0. The molecule has 1 rings (SSSR count). The Hall–Kier alpha value is -0.0557. The molecule has 0 heterocycles. The van der Waals surface area contributed by atoms with Crippen molar-refractivity contribution in [1.82, 2.24) is 0 Å². The molecule has 0 saturated heterocycles. The van der Waals surface area contributed by atoms with E-state index in [1.807, 2.05) is 30.3 Å². The molecule has 0 aliphatic heterocycles. The zero-order valence-corrected chi connectivity index (χ0v) is 26.0. The van der Waals surface area contributed by atoms with Crippen LogP contribution in [0.5, 0.6) is 0 Å². The van der Waals surface area contributed by atoms with Crippen molar-refractivity contribution in [1.29, 1.82) is 0 Å². The molecule has 0 aromatic heterocycles. The van der Waals surface area contributed by atoms with Gasteiger partial charge in [-0.15, -0.1) is 39.3 Å². The average Bonchev–Trinajstić information content (AvgIpc) is 3.40. The Kier molecular flexibility index (Phi) is 64.6. The van der Waals surface area contributed by atoms with Crippen molar-refractivity contribution >= 4 is 0 Å². The summed E-state index contributed by atoms with van der Waals surface area (Å²) in [4.78, 5) is 0. The van der Waals surface area contributed by atoms with E-state index in [0.717, 1.165) is 39.3 Å². The minimum atomic E-state index is 0. The summed E-state index contributed by atoms with van der Waals surface area (Å²) in [6, 6.07) is 10.0. The van der Waals surface area contributed by atoms with E-state index in [4.69, 9.17) is 0 Å². The van der Waals surface area contributed by atoms with Gasteiger partial charge in [0.25, 0.3) is 0 Å². The van der Waals surface area contributed by atoms with Crippen LogP contribution in [0.25, 0.3) is 16.0 Å². The number of hydrogen-bond donors (Lipinski definition) is 0. The standard InChI is InChI=1S/3C8H18N.C5H5.CH3.Ti/c3*1-3-5-7-9-8-6-4-2;1-2-4-5-3-1;;/h3*3-8H2,1-2H3;1-5H;1H3;/q5*-1;+3. The Morgan fingerprint density at radius 2 is 0.647 bits per heavy atom. The first-order chi connectivity index (χ1) is 15.7. The fraction of sp³-hybridized carbons (Fsp3) is 0.800. The van der Waals surface area contributed by atoms with Gasteiger partial charge in [-0.1, -0.05) is 119 Å². The van der Waals surface area contributed by atoms with Gasteiger partial charge in [0.05, 0.1) is 0 Å². The van der Waals surface area contributed by atoms with E-state index in [2.05, 4.69) is 57.5 Å². The summed E-state index contributed by atoms with van der Waals surface area (Å²) in [5, 5.41) is 13.1. The van der Waals surface area contributed by atoms with Crippen molar-refractivity contribution in [2.24, 2.45) is 0 Å². The average molecular weight is 513 g/mol.